The number of rotatable bonds is 2. The number of hydrogen-bond acceptors (Lipinski definition) is 3. The highest BCUT2D eigenvalue weighted by Crippen LogP contribution is 2.31. The maximum absolute atomic E-state index is 12.2. The standard InChI is InChI=1S/C13H14I3NO2/c1-17-4-2-8(3-5-17)13(18)19-12-10(15)6-9(14)7-11(12)16/h6-8H,2-5H2,1H3. The Bertz CT molecular complexity index is 462. The molecule has 1 heterocycles. The van der Waals surface area contributed by atoms with Gasteiger partial charge in [-0.3, -0.25) is 4.79 Å². The summed E-state index contributed by atoms with van der Waals surface area (Å²) in [5.74, 6) is 0.678. The van der Waals surface area contributed by atoms with Crippen LogP contribution in [0.25, 0.3) is 0 Å². The normalized spacial score (nSPS) is 17.5. The highest BCUT2D eigenvalue weighted by atomic mass is 127. The molecule has 2 rings (SSSR count). The van der Waals surface area contributed by atoms with Gasteiger partial charge in [0.2, 0.25) is 0 Å². The molecule has 1 aliphatic heterocycles. The van der Waals surface area contributed by atoms with Crippen LogP contribution in [-0.2, 0) is 4.79 Å². The van der Waals surface area contributed by atoms with E-state index in [-0.39, 0.29) is 11.9 Å². The minimum atomic E-state index is -0.0786. The van der Waals surface area contributed by atoms with Gasteiger partial charge in [-0.25, -0.2) is 0 Å². The summed E-state index contributed by atoms with van der Waals surface area (Å²) < 4.78 is 8.78. The monoisotopic (exact) mass is 597 g/mol. The predicted octanol–water partition coefficient (Wildman–Crippen LogP) is 3.75. The summed E-state index contributed by atoms with van der Waals surface area (Å²) in [5.41, 5.74) is 0. The molecule has 6 heteroatoms. The topological polar surface area (TPSA) is 29.5 Å². The zero-order valence-electron chi connectivity index (χ0n) is 10.5. The van der Waals surface area contributed by atoms with Crippen LogP contribution in [0.4, 0.5) is 0 Å². The van der Waals surface area contributed by atoms with E-state index in [2.05, 4.69) is 79.7 Å². The third-order valence-electron chi connectivity index (χ3n) is 3.22. The van der Waals surface area contributed by atoms with E-state index in [9.17, 15) is 4.79 Å². The van der Waals surface area contributed by atoms with E-state index in [1.807, 2.05) is 12.1 Å². The lowest BCUT2D eigenvalue weighted by Gasteiger charge is -2.27. The van der Waals surface area contributed by atoms with Gasteiger partial charge in [-0.1, -0.05) is 0 Å². The van der Waals surface area contributed by atoms with E-state index < -0.39 is 0 Å². The molecule has 0 saturated carbocycles. The molecule has 19 heavy (non-hydrogen) atoms. The van der Waals surface area contributed by atoms with Crippen LogP contribution in [-0.4, -0.2) is 31.0 Å². The molecule has 0 radical (unpaired) electrons. The first-order valence-electron chi connectivity index (χ1n) is 6.02. The summed E-state index contributed by atoms with van der Waals surface area (Å²) in [6, 6.07) is 4.06. The van der Waals surface area contributed by atoms with Crippen molar-refractivity contribution in [2.45, 2.75) is 12.8 Å². The van der Waals surface area contributed by atoms with Crippen LogP contribution in [0.1, 0.15) is 12.8 Å². The van der Waals surface area contributed by atoms with Crippen molar-refractivity contribution in [1.29, 1.82) is 0 Å². The van der Waals surface area contributed by atoms with Crippen molar-refractivity contribution >= 4 is 73.7 Å². The molecule has 0 N–H and O–H groups in total. The molecule has 1 aromatic rings. The summed E-state index contributed by atoms with van der Waals surface area (Å²) in [4.78, 5) is 14.5. The van der Waals surface area contributed by atoms with Gasteiger partial charge in [0.1, 0.15) is 0 Å². The minimum Gasteiger partial charge on any atom is -0.424 e. The lowest BCUT2D eigenvalue weighted by atomic mass is 9.97. The van der Waals surface area contributed by atoms with Gasteiger partial charge < -0.3 is 9.64 Å². The third-order valence-corrected chi connectivity index (χ3v) is 5.44. The Kier molecular flexibility index (Phi) is 6.15. The Morgan fingerprint density at radius 3 is 2.26 bits per heavy atom. The van der Waals surface area contributed by atoms with E-state index in [4.69, 9.17) is 4.74 Å². The number of ether oxygens (including phenoxy) is 1. The molecule has 0 bridgehead atoms. The summed E-state index contributed by atoms with van der Waals surface area (Å²) in [7, 11) is 2.09. The van der Waals surface area contributed by atoms with Gasteiger partial charge in [0, 0.05) is 3.57 Å². The maximum Gasteiger partial charge on any atom is 0.314 e. The average Bonchev–Trinajstić information content (AvgIpc) is 2.34. The average molecular weight is 597 g/mol. The highest BCUT2D eigenvalue weighted by molar-refractivity contribution is 14.1. The Morgan fingerprint density at radius 1 is 1.21 bits per heavy atom. The second-order valence-electron chi connectivity index (χ2n) is 4.70. The Labute approximate surface area is 154 Å². The fraction of sp³-hybridized carbons (Fsp3) is 0.462. The smallest absolute Gasteiger partial charge is 0.314 e. The molecule has 1 aliphatic rings. The van der Waals surface area contributed by atoms with Crippen molar-refractivity contribution in [2.75, 3.05) is 20.1 Å². The molecule has 0 atom stereocenters. The summed E-state index contributed by atoms with van der Waals surface area (Å²) >= 11 is 6.72. The second kappa shape index (κ2) is 7.21. The molecule has 1 saturated heterocycles. The first-order chi connectivity index (χ1) is 8.97. The van der Waals surface area contributed by atoms with Crippen LogP contribution >= 0.6 is 67.8 Å². The molecule has 0 amide bonds. The molecule has 3 nitrogen and oxygen atoms in total. The van der Waals surface area contributed by atoms with Crippen molar-refractivity contribution in [3.05, 3.63) is 22.8 Å². The van der Waals surface area contributed by atoms with Gasteiger partial charge in [0.05, 0.1) is 13.1 Å². The number of benzene rings is 1. The molecule has 1 aromatic carbocycles. The predicted molar refractivity (Wildman–Crippen MR) is 100 cm³/mol. The van der Waals surface area contributed by atoms with Crippen molar-refractivity contribution in [3.63, 3.8) is 0 Å². The van der Waals surface area contributed by atoms with Gasteiger partial charge in [-0.05, 0) is 113 Å². The van der Waals surface area contributed by atoms with Gasteiger partial charge >= 0.3 is 5.97 Å². The number of hydrogen-bond donors (Lipinski definition) is 0. The number of piperidine rings is 1. The van der Waals surface area contributed by atoms with E-state index in [0.29, 0.717) is 5.75 Å². The zero-order valence-corrected chi connectivity index (χ0v) is 16.9. The van der Waals surface area contributed by atoms with E-state index in [0.717, 1.165) is 36.6 Å². The van der Waals surface area contributed by atoms with Gasteiger partial charge in [-0.15, -0.1) is 0 Å². The van der Waals surface area contributed by atoms with Crippen LogP contribution in [0, 0.1) is 16.6 Å². The Hall–Kier alpha value is 0.840. The van der Waals surface area contributed by atoms with Crippen molar-refractivity contribution < 1.29 is 9.53 Å². The van der Waals surface area contributed by atoms with E-state index in [1.165, 1.54) is 0 Å². The maximum atomic E-state index is 12.2. The summed E-state index contributed by atoms with van der Waals surface area (Å²) in [5, 5.41) is 0. The molecule has 0 aliphatic carbocycles. The molecular formula is C13H14I3NO2. The van der Waals surface area contributed by atoms with Crippen molar-refractivity contribution in [3.8, 4) is 5.75 Å². The van der Waals surface area contributed by atoms with Crippen molar-refractivity contribution in [1.82, 2.24) is 4.90 Å². The number of halogens is 3. The molecule has 0 spiro atoms. The van der Waals surface area contributed by atoms with Crippen LogP contribution in [0.2, 0.25) is 0 Å². The van der Waals surface area contributed by atoms with E-state index >= 15 is 0 Å². The Balaban J connectivity index is 2.07. The molecule has 1 fully saturated rings. The SMILES string of the molecule is CN1CCC(C(=O)Oc2c(I)cc(I)cc2I)CC1. The fourth-order valence-corrected chi connectivity index (χ4v) is 5.86. The van der Waals surface area contributed by atoms with Crippen LogP contribution in [0.3, 0.4) is 0 Å². The fourth-order valence-electron chi connectivity index (χ4n) is 2.05. The molecule has 104 valence electrons. The molecule has 0 aromatic heterocycles. The van der Waals surface area contributed by atoms with Gasteiger partial charge in [0.25, 0.3) is 0 Å². The van der Waals surface area contributed by atoms with Gasteiger partial charge in [0.15, 0.2) is 5.75 Å². The summed E-state index contributed by atoms with van der Waals surface area (Å²) in [6.07, 6.45) is 1.79. The number of likely N-dealkylation sites (tertiary alicyclic amines) is 1. The summed E-state index contributed by atoms with van der Waals surface area (Å²) in [6.45, 7) is 1.95. The second-order valence-corrected chi connectivity index (χ2v) is 8.27. The van der Waals surface area contributed by atoms with Crippen LogP contribution in [0.5, 0.6) is 5.75 Å². The highest BCUT2D eigenvalue weighted by Gasteiger charge is 2.26. The number of nitrogens with zero attached hydrogens (tertiary/aromatic N) is 1. The minimum absolute atomic E-state index is 0.0436. The lowest BCUT2D eigenvalue weighted by molar-refractivity contribution is -0.140. The first-order valence-corrected chi connectivity index (χ1v) is 9.26. The number of carbonyl (C=O) groups is 1. The largest absolute Gasteiger partial charge is 0.424 e. The van der Waals surface area contributed by atoms with Crippen LogP contribution < -0.4 is 4.74 Å². The number of carbonyl (C=O) groups excluding carboxylic acids is 1. The van der Waals surface area contributed by atoms with Crippen molar-refractivity contribution in [2.24, 2.45) is 5.92 Å². The first kappa shape index (κ1) is 16.2. The number of esters is 1. The molecular weight excluding hydrogens is 583 g/mol. The van der Waals surface area contributed by atoms with Gasteiger partial charge in [-0.2, -0.15) is 0 Å². The van der Waals surface area contributed by atoms with Crippen LogP contribution in [0.15, 0.2) is 12.1 Å². The third kappa shape index (κ3) is 4.40. The molecule has 0 unspecified atom stereocenters. The lowest BCUT2D eigenvalue weighted by Crippen LogP contribution is -2.35. The zero-order chi connectivity index (χ0) is 14.0. The van der Waals surface area contributed by atoms with E-state index in [1.54, 1.807) is 0 Å². The quantitative estimate of drug-likeness (QED) is 0.296. The Morgan fingerprint density at radius 2 is 1.74 bits per heavy atom.